The van der Waals surface area contributed by atoms with Crippen molar-refractivity contribution in [1.29, 1.82) is 0 Å². The zero-order valence-electron chi connectivity index (χ0n) is 3.92. The number of hydrogen-bond donors (Lipinski definition) is 1. The van der Waals surface area contributed by atoms with Gasteiger partial charge >= 0.3 is 0 Å². The van der Waals surface area contributed by atoms with E-state index in [-0.39, 0.29) is 0 Å². The molecule has 8 heavy (non-hydrogen) atoms. The molecule has 0 aliphatic heterocycles. The molecule has 41 valence electrons. The van der Waals surface area contributed by atoms with E-state index in [2.05, 4.69) is 10.5 Å². The lowest BCUT2D eigenvalue weighted by atomic mass is 10.5. The van der Waals surface area contributed by atoms with Gasteiger partial charge in [0.25, 0.3) is 5.91 Å². The number of nitrogens with zero attached hydrogens (tertiary/aromatic N) is 1. The van der Waals surface area contributed by atoms with Crippen molar-refractivity contribution >= 4 is 17.2 Å². The summed E-state index contributed by atoms with van der Waals surface area (Å²) in [5.41, 5.74) is 7.37. The van der Waals surface area contributed by atoms with Crippen LogP contribution in [0.1, 0.15) is 9.67 Å². The Hall–Kier alpha value is -0.900. The molecule has 1 aromatic heterocycles. The Morgan fingerprint density at radius 3 is 3.00 bits per heavy atom. The first-order valence-corrected chi connectivity index (χ1v) is 2.74. The largest absolute Gasteiger partial charge is 0.365 e. The van der Waals surface area contributed by atoms with E-state index in [1.165, 1.54) is 6.20 Å². The van der Waals surface area contributed by atoms with Crippen molar-refractivity contribution in [2.75, 3.05) is 0 Å². The fourth-order valence-corrected chi connectivity index (χ4v) is 0.711. The monoisotopic (exact) mass is 127 g/mol. The number of primary amides is 1. The molecule has 0 aromatic carbocycles. The highest BCUT2D eigenvalue weighted by molar-refractivity contribution is 7.11. The van der Waals surface area contributed by atoms with E-state index in [9.17, 15) is 4.79 Å². The zero-order valence-corrected chi connectivity index (χ0v) is 4.73. The summed E-state index contributed by atoms with van der Waals surface area (Å²) in [7, 11) is 0. The molecule has 0 fully saturated rings. The van der Waals surface area contributed by atoms with Gasteiger partial charge in [-0.1, -0.05) is 0 Å². The molecule has 1 aromatic rings. The summed E-state index contributed by atoms with van der Waals surface area (Å²) in [4.78, 5) is 14.2. The first kappa shape index (κ1) is 5.24. The standard InChI is InChI=1S/C4H3N2OS/c5-4(7)3-1-6-2-8-3/h1H,(H2,5,7). The number of rotatable bonds is 1. The molecular formula is C4H3N2OS. The van der Waals surface area contributed by atoms with Gasteiger partial charge in [0.2, 0.25) is 0 Å². The Bertz CT molecular complexity index is 182. The molecule has 0 saturated heterocycles. The Morgan fingerprint density at radius 2 is 2.75 bits per heavy atom. The summed E-state index contributed by atoms with van der Waals surface area (Å²) in [6.45, 7) is 0. The third-order valence-corrected chi connectivity index (χ3v) is 1.36. The van der Waals surface area contributed by atoms with Crippen LogP contribution in [0.3, 0.4) is 0 Å². The van der Waals surface area contributed by atoms with Gasteiger partial charge in [-0.3, -0.25) is 4.79 Å². The Morgan fingerprint density at radius 1 is 2.00 bits per heavy atom. The lowest BCUT2D eigenvalue weighted by Gasteiger charge is -1.78. The van der Waals surface area contributed by atoms with Gasteiger partial charge in [0, 0.05) is 0 Å². The van der Waals surface area contributed by atoms with Crippen molar-refractivity contribution in [1.82, 2.24) is 4.98 Å². The third kappa shape index (κ3) is 0.840. The molecule has 0 spiro atoms. The molecule has 1 heterocycles. The van der Waals surface area contributed by atoms with Crippen LogP contribution >= 0.6 is 11.3 Å². The van der Waals surface area contributed by atoms with Crippen LogP contribution in [0.15, 0.2) is 6.20 Å². The van der Waals surface area contributed by atoms with Crippen LogP contribution in [0.4, 0.5) is 0 Å². The van der Waals surface area contributed by atoms with E-state index in [4.69, 9.17) is 5.73 Å². The maximum atomic E-state index is 10.2. The molecule has 0 saturated carbocycles. The fraction of sp³-hybridized carbons (Fsp3) is 0. The molecule has 1 rings (SSSR count). The van der Waals surface area contributed by atoms with Gasteiger partial charge in [0.1, 0.15) is 4.88 Å². The maximum Gasteiger partial charge on any atom is 0.260 e. The van der Waals surface area contributed by atoms with Gasteiger partial charge in [-0.05, 0) is 0 Å². The minimum atomic E-state index is -0.441. The second-order valence-corrected chi connectivity index (χ2v) is 2.01. The minimum absolute atomic E-state index is 0.441. The predicted octanol–water partition coefficient (Wildman–Crippen LogP) is 0.0422. The summed E-state index contributed by atoms with van der Waals surface area (Å²) < 4.78 is 0. The van der Waals surface area contributed by atoms with Crippen molar-refractivity contribution in [2.45, 2.75) is 0 Å². The van der Waals surface area contributed by atoms with Crippen molar-refractivity contribution in [2.24, 2.45) is 5.73 Å². The first-order valence-electron chi connectivity index (χ1n) is 1.92. The number of amides is 1. The highest BCUT2D eigenvalue weighted by atomic mass is 32.1. The summed E-state index contributed by atoms with van der Waals surface area (Å²) in [6.07, 6.45) is 1.40. The van der Waals surface area contributed by atoms with Gasteiger partial charge in [0.15, 0.2) is 5.51 Å². The number of thiazole rings is 1. The topological polar surface area (TPSA) is 56.0 Å². The lowest BCUT2D eigenvalue weighted by molar-refractivity contribution is 0.100. The molecule has 1 amide bonds. The summed E-state index contributed by atoms with van der Waals surface area (Å²) >= 11 is 1.12. The van der Waals surface area contributed by atoms with E-state index in [0.717, 1.165) is 11.3 Å². The zero-order chi connectivity index (χ0) is 5.98. The molecule has 0 aliphatic carbocycles. The van der Waals surface area contributed by atoms with Crippen LogP contribution in [0.5, 0.6) is 0 Å². The maximum absolute atomic E-state index is 10.2. The first-order chi connectivity index (χ1) is 3.80. The molecule has 1 radical (unpaired) electrons. The molecule has 4 heteroatoms. The van der Waals surface area contributed by atoms with E-state index in [1.54, 1.807) is 0 Å². The van der Waals surface area contributed by atoms with Crippen LogP contribution in [-0.4, -0.2) is 10.9 Å². The van der Waals surface area contributed by atoms with E-state index in [1.807, 2.05) is 0 Å². The summed E-state index contributed by atoms with van der Waals surface area (Å²) in [5, 5.41) is 0. The van der Waals surface area contributed by atoms with Crippen LogP contribution in [0.2, 0.25) is 0 Å². The second kappa shape index (κ2) is 1.92. The van der Waals surface area contributed by atoms with Crippen LogP contribution < -0.4 is 5.73 Å². The quantitative estimate of drug-likeness (QED) is 0.579. The molecule has 3 nitrogen and oxygen atoms in total. The van der Waals surface area contributed by atoms with E-state index >= 15 is 0 Å². The van der Waals surface area contributed by atoms with Gasteiger partial charge in [-0.15, -0.1) is 11.3 Å². The Balaban J connectivity index is 2.93. The number of carbonyl (C=O) groups excluding carboxylic acids is 1. The van der Waals surface area contributed by atoms with E-state index in [0.29, 0.717) is 4.88 Å². The average molecular weight is 127 g/mol. The molecule has 0 unspecified atom stereocenters. The molecule has 0 aliphatic rings. The van der Waals surface area contributed by atoms with Gasteiger partial charge in [0.05, 0.1) is 6.20 Å². The third-order valence-electron chi connectivity index (χ3n) is 0.633. The number of aromatic nitrogens is 1. The van der Waals surface area contributed by atoms with Gasteiger partial charge < -0.3 is 5.73 Å². The minimum Gasteiger partial charge on any atom is -0.365 e. The number of hydrogen-bond acceptors (Lipinski definition) is 3. The highest BCUT2D eigenvalue weighted by Gasteiger charge is 1.98. The van der Waals surface area contributed by atoms with Crippen LogP contribution in [0.25, 0.3) is 0 Å². The van der Waals surface area contributed by atoms with Crippen molar-refractivity contribution in [3.63, 3.8) is 0 Å². The lowest BCUT2D eigenvalue weighted by Crippen LogP contribution is -2.08. The van der Waals surface area contributed by atoms with E-state index < -0.39 is 5.91 Å². The van der Waals surface area contributed by atoms with Crippen molar-refractivity contribution < 1.29 is 4.79 Å². The number of nitrogens with two attached hydrogens (primary N) is 1. The summed E-state index contributed by atoms with van der Waals surface area (Å²) in [6, 6.07) is 0. The van der Waals surface area contributed by atoms with Crippen molar-refractivity contribution in [3.05, 3.63) is 16.6 Å². The highest BCUT2D eigenvalue weighted by Crippen LogP contribution is 2.01. The Labute approximate surface area is 50.2 Å². The van der Waals surface area contributed by atoms with Gasteiger partial charge in [-0.2, -0.15) is 0 Å². The molecule has 0 bridgehead atoms. The summed E-state index contributed by atoms with van der Waals surface area (Å²) in [5.74, 6) is -0.441. The molecule has 2 N–H and O–H groups in total. The van der Waals surface area contributed by atoms with Crippen LogP contribution in [0, 0.1) is 5.51 Å². The predicted molar refractivity (Wildman–Crippen MR) is 29.5 cm³/mol. The SMILES string of the molecule is NC(=O)c1cn[c]s1. The smallest absolute Gasteiger partial charge is 0.260 e. The molecular weight excluding hydrogens is 124 g/mol. The van der Waals surface area contributed by atoms with Gasteiger partial charge in [-0.25, -0.2) is 4.98 Å². The fourth-order valence-electron chi connectivity index (χ4n) is 0.301. The number of carbonyl (C=O) groups is 1. The average Bonchev–Trinajstić information content (AvgIpc) is 2.12. The normalized spacial score (nSPS) is 9.00. The second-order valence-electron chi connectivity index (χ2n) is 1.18. The Kier molecular flexibility index (Phi) is 1.26. The molecule has 0 atom stereocenters. The van der Waals surface area contributed by atoms with Crippen molar-refractivity contribution in [3.8, 4) is 0 Å². The van der Waals surface area contributed by atoms with Crippen LogP contribution in [-0.2, 0) is 0 Å².